The maximum atomic E-state index is 12.1. The summed E-state index contributed by atoms with van der Waals surface area (Å²) in [5, 5.41) is 12.3. The average Bonchev–Trinajstić information content (AvgIpc) is 3.04. The van der Waals surface area contributed by atoms with E-state index in [1.165, 1.54) is 10.4 Å². The lowest BCUT2D eigenvalue weighted by Crippen LogP contribution is -2.42. The highest BCUT2D eigenvalue weighted by Gasteiger charge is 2.18. The molecule has 1 aromatic heterocycles. The van der Waals surface area contributed by atoms with E-state index in [9.17, 15) is 4.79 Å². The van der Waals surface area contributed by atoms with E-state index >= 15 is 0 Å². The topological polar surface area (TPSA) is 73.1 Å². The third-order valence-corrected chi connectivity index (χ3v) is 3.71. The van der Waals surface area contributed by atoms with Crippen molar-refractivity contribution in [3.63, 3.8) is 0 Å². The van der Waals surface area contributed by atoms with Crippen molar-refractivity contribution in [1.82, 2.24) is 25.1 Å². The van der Waals surface area contributed by atoms with Crippen molar-refractivity contribution in [1.29, 1.82) is 0 Å². The van der Waals surface area contributed by atoms with E-state index in [0.29, 0.717) is 32.1 Å². The van der Waals surface area contributed by atoms with Crippen LogP contribution in [0.2, 0.25) is 0 Å². The second-order valence-corrected chi connectivity index (χ2v) is 5.19. The van der Waals surface area contributed by atoms with Gasteiger partial charge in [-0.3, -0.25) is 4.79 Å². The van der Waals surface area contributed by atoms with Gasteiger partial charge >= 0.3 is 0 Å². The smallest absolute Gasteiger partial charge is 0.246 e. The Labute approximate surface area is 128 Å². The van der Waals surface area contributed by atoms with Crippen molar-refractivity contribution < 1.29 is 9.53 Å². The Morgan fingerprint density at radius 2 is 1.95 bits per heavy atom. The molecule has 1 amide bonds. The Balaban J connectivity index is 1.66. The van der Waals surface area contributed by atoms with Crippen LogP contribution in [-0.2, 0) is 22.5 Å². The molecule has 0 N–H and O–H groups in total. The van der Waals surface area contributed by atoms with E-state index in [1.807, 2.05) is 12.1 Å². The first kappa shape index (κ1) is 14.6. The molecule has 2 heterocycles. The predicted octanol–water partition coefficient (Wildman–Crippen LogP) is 0.761. The van der Waals surface area contributed by atoms with E-state index in [-0.39, 0.29) is 12.5 Å². The summed E-state index contributed by atoms with van der Waals surface area (Å²) in [5.41, 5.74) is 2.17. The molecule has 1 aliphatic rings. The van der Waals surface area contributed by atoms with E-state index < -0.39 is 0 Å². The van der Waals surface area contributed by atoms with Gasteiger partial charge in [0.05, 0.1) is 13.2 Å². The minimum absolute atomic E-state index is 0.00594. The second-order valence-electron chi connectivity index (χ2n) is 5.19. The third-order valence-electron chi connectivity index (χ3n) is 3.71. The number of rotatable bonds is 4. The van der Waals surface area contributed by atoms with Crippen LogP contribution in [0.1, 0.15) is 12.5 Å². The number of nitrogens with zero attached hydrogens (tertiary/aromatic N) is 5. The van der Waals surface area contributed by atoms with Crippen LogP contribution in [0.4, 0.5) is 0 Å². The number of amides is 1. The molecule has 3 rings (SSSR count). The predicted molar refractivity (Wildman–Crippen MR) is 80.0 cm³/mol. The molecule has 1 aliphatic heterocycles. The Bertz CT molecular complexity index is 632. The van der Waals surface area contributed by atoms with Gasteiger partial charge in [0.15, 0.2) is 0 Å². The molecule has 0 saturated carbocycles. The largest absolute Gasteiger partial charge is 0.378 e. The molecule has 116 valence electrons. The van der Waals surface area contributed by atoms with Crippen molar-refractivity contribution in [3.05, 3.63) is 29.8 Å². The fourth-order valence-corrected chi connectivity index (χ4v) is 2.35. The van der Waals surface area contributed by atoms with Gasteiger partial charge in [0.1, 0.15) is 6.54 Å². The number of benzene rings is 1. The summed E-state index contributed by atoms with van der Waals surface area (Å²) in [6.45, 7) is 4.65. The van der Waals surface area contributed by atoms with Crippen LogP contribution in [0.3, 0.4) is 0 Å². The number of hydrogen-bond acceptors (Lipinski definition) is 5. The van der Waals surface area contributed by atoms with Crippen molar-refractivity contribution in [3.8, 4) is 11.4 Å². The molecule has 1 aromatic carbocycles. The SMILES string of the molecule is CCc1ccc(-c2nnn(CC(=O)N3CCOCC3)n2)cc1. The Hall–Kier alpha value is -2.28. The summed E-state index contributed by atoms with van der Waals surface area (Å²) < 4.78 is 5.24. The number of aryl methyl sites for hydroxylation is 1. The highest BCUT2D eigenvalue weighted by Crippen LogP contribution is 2.14. The molecule has 0 bridgehead atoms. The fourth-order valence-electron chi connectivity index (χ4n) is 2.35. The quantitative estimate of drug-likeness (QED) is 0.833. The molecule has 22 heavy (non-hydrogen) atoms. The Morgan fingerprint density at radius 3 is 2.64 bits per heavy atom. The lowest BCUT2D eigenvalue weighted by Gasteiger charge is -2.26. The summed E-state index contributed by atoms with van der Waals surface area (Å²) in [5.74, 6) is 0.533. The molecule has 0 aliphatic carbocycles. The molecule has 1 saturated heterocycles. The van der Waals surface area contributed by atoms with Gasteiger partial charge in [-0.2, -0.15) is 4.80 Å². The van der Waals surface area contributed by atoms with Crippen LogP contribution >= 0.6 is 0 Å². The van der Waals surface area contributed by atoms with Gasteiger partial charge in [-0.15, -0.1) is 10.2 Å². The van der Waals surface area contributed by atoms with Crippen molar-refractivity contribution in [2.24, 2.45) is 0 Å². The third kappa shape index (κ3) is 3.30. The number of aromatic nitrogens is 4. The zero-order valence-corrected chi connectivity index (χ0v) is 12.6. The lowest BCUT2D eigenvalue weighted by molar-refractivity contribution is -0.136. The highest BCUT2D eigenvalue weighted by atomic mass is 16.5. The number of hydrogen-bond donors (Lipinski definition) is 0. The molecule has 7 nitrogen and oxygen atoms in total. The lowest BCUT2D eigenvalue weighted by atomic mass is 10.1. The molecular formula is C15H19N5O2. The monoisotopic (exact) mass is 301 g/mol. The van der Waals surface area contributed by atoms with Gasteiger partial charge in [0.25, 0.3) is 0 Å². The molecule has 7 heteroatoms. The minimum atomic E-state index is -0.00594. The number of tetrazole rings is 1. The maximum Gasteiger partial charge on any atom is 0.246 e. The fraction of sp³-hybridized carbons (Fsp3) is 0.467. The normalized spacial score (nSPS) is 15.0. The summed E-state index contributed by atoms with van der Waals surface area (Å²) in [4.78, 5) is 15.3. The first-order valence-electron chi connectivity index (χ1n) is 7.49. The van der Waals surface area contributed by atoms with Crippen LogP contribution in [0.5, 0.6) is 0 Å². The van der Waals surface area contributed by atoms with Crippen LogP contribution in [0, 0.1) is 0 Å². The van der Waals surface area contributed by atoms with Crippen molar-refractivity contribution >= 4 is 5.91 Å². The average molecular weight is 301 g/mol. The molecule has 0 radical (unpaired) electrons. The maximum absolute atomic E-state index is 12.1. The molecule has 0 atom stereocenters. The Kier molecular flexibility index (Phi) is 4.43. The van der Waals surface area contributed by atoms with E-state index in [2.05, 4.69) is 34.5 Å². The number of carbonyl (C=O) groups is 1. The molecular weight excluding hydrogens is 282 g/mol. The van der Waals surface area contributed by atoms with Crippen LogP contribution in [-0.4, -0.2) is 57.3 Å². The second kappa shape index (κ2) is 6.65. The first-order valence-corrected chi connectivity index (χ1v) is 7.49. The van der Waals surface area contributed by atoms with Gasteiger partial charge in [0.2, 0.25) is 11.7 Å². The first-order chi connectivity index (χ1) is 10.8. The van der Waals surface area contributed by atoms with Gasteiger partial charge in [-0.05, 0) is 17.2 Å². The summed E-state index contributed by atoms with van der Waals surface area (Å²) in [7, 11) is 0. The van der Waals surface area contributed by atoms with Crippen LogP contribution in [0.15, 0.2) is 24.3 Å². The van der Waals surface area contributed by atoms with E-state index in [1.54, 1.807) is 4.90 Å². The van der Waals surface area contributed by atoms with E-state index in [4.69, 9.17) is 4.74 Å². The molecule has 0 unspecified atom stereocenters. The van der Waals surface area contributed by atoms with Crippen LogP contribution in [0.25, 0.3) is 11.4 Å². The molecule has 1 fully saturated rings. The van der Waals surface area contributed by atoms with Crippen LogP contribution < -0.4 is 0 Å². The number of morpholine rings is 1. The van der Waals surface area contributed by atoms with E-state index in [0.717, 1.165) is 12.0 Å². The van der Waals surface area contributed by atoms with Gasteiger partial charge < -0.3 is 9.64 Å². The molecule has 0 spiro atoms. The van der Waals surface area contributed by atoms with Gasteiger partial charge in [-0.1, -0.05) is 31.2 Å². The van der Waals surface area contributed by atoms with Crippen molar-refractivity contribution in [2.75, 3.05) is 26.3 Å². The summed E-state index contributed by atoms with van der Waals surface area (Å²) in [6, 6.07) is 8.05. The number of carbonyl (C=O) groups excluding carboxylic acids is 1. The van der Waals surface area contributed by atoms with Crippen molar-refractivity contribution in [2.45, 2.75) is 19.9 Å². The standard InChI is InChI=1S/C15H19N5O2/c1-2-12-3-5-13(6-4-12)15-16-18-20(17-15)11-14(21)19-7-9-22-10-8-19/h3-6H,2,7-11H2,1H3. The van der Waals surface area contributed by atoms with Gasteiger partial charge in [0, 0.05) is 18.7 Å². The van der Waals surface area contributed by atoms with Gasteiger partial charge in [-0.25, -0.2) is 0 Å². The Morgan fingerprint density at radius 1 is 1.23 bits per heavy atom. The summed E-state index contributed by atoms with van der Waals surface area (Å²) >= 11 is 0. The molecule has 2 aromatic rings. The summed E-state index contributed by atoms with van der Waals surface area (Å²) in [6.07, 6.45) is 0.994. The number of ether oxygens (including phenoxy) is 1. The zero-order chi connectivity index (χ0) is 15.4. The highest BCUT2D eigenvalue weighted by molar-refractivity contribution is 5.75. The zero-order valence-electron chi connectivity index (χ0n) is 12.6. The minimum Gasteiger partial charge on any atom is -0.378 e.